The number of aliphatic carboxylic acids is 1. The third kappa shape index (κ3) is 3.14. The molecule has 1 aromatic carbocycles. The van der Waals surface area contributed by atoms with Crippen LogP contribution in [0.5, 0.6) is 5.75 Å². The van der Waals surface area contributed by atoms with Gasteiger partial charge >= 0.3 is 5.97 Å². The Morgan fingerprint density at radius 2 is 2.08 bits per heavy atom. The summed E-state index contributed by atoms with van der Waals surface area (Å²) in [6.07, 6.45) is 1.22. The number of halogens is 2. The largest absolute Gasteiger partial charge is 0.492 e. The van der Waals surface area contributed by atoms with E-state index in [1.54, 1.807) is 18.0 Å². The number of nitrogens with zero attached hydrogens (tertiary/aromatic N) is 2. The van der Waals surface area contributed by atoms with Gasteiger partial charge in [-0.05, 0) is 30.5 Å². The molecule has 142 valence electrons. The zero-order chi connectivity index (χ0) is 19.1. The standard InChI is InChI=1S/C18H22ClFN2O4/c1-21-15(23)9-12(17(24)25)18(21)3-5-22(6-4-18)10-11-7-13(19)16(26-2)14(20)8-11/h7-8,12H,3-6,9-10H2,1-2H3,(H,24,25)/t12-/m0/s1. The lowest BCUT2D eigenvalue weighted by atomic mass is 9.77. The van der Waals surface area contributed by atoms with E-state index in [4.69, 9.17) is 16.3 Å². The molecule has 2 aliphatic heterocycles. The number of benzene rings is 1. The molecule has 1 spiro atoms. The van der Waals surface area contributed by atoms with Gasteiger partial charge in [0.2, 0.25) is 5.91 Å². The Morgan fingerprint density at radius 1 is 1.42 bits per heavy atom. The Labute approximate surface area is 156 Å². The fraction of sp³-hybridized carbons (Fsp3) is 0.556. The molecule has 0 unspecified atom stereocenters. The summed E-state index contributed by atoms with van der Waals surface area (Å²) in [5.74, 6) is -2.18. The molecule has 0 bridgehead atoms. The maximum absolute atomic E-state index is 14.0. The summed E-state index contributed by atoms with van der Waals surface area (Å²) in [7, 11) is 3.06. The van der Waals surface area contributed by atoms with Crippen molar-refractivity contribution in [2.24, 2.45) is 5.92 Å². The number of carboxylic acids is 1. The molecule has 1 amide bonds. The summed E-state index contributed by atoms with van der Waals surface area (Å²) < 4.78 is 18.9. The molecule has 8 heteroatoms. The summed E-state index contributed by atoms with van der Waals surface area (Å²) in [6, 6.07) is 3.08. The predicted molar refractivity (Wildman–Crippen MR) is 93.7 cm³/mol. The monoisotopic (exact) mass is 384 g/mol. The van der Waals surface area contributed by atoms with Crippen LogP contribution in [0.25, 0.3) is 0 Å². The molecule has 2 fully saturated rings. The van der Waals surface area contributed by atoms with Gasteiger partial charge in [-0.2, -0.15) is 0 Å². The number of ether oxygens (including phenoxy) is 1. The van der Waals surface area contributed by atoms with Crippen LogP contribution >= 0.6 is 11.6 Å². The molecule has 0 aromatic heterocycles. The second kappa shape index (κ2) is 7.04. The van der Waals surface area contributed by atoms with Crippen LogP contribution in [0.4, 0.5) is 4.39 Å². The SMILES string of the molecule is COc1c(F)cc(CN2CCC3(CC2)[C@H](C(=O)O)CC(=O)N3C)cc1Cl. The Bertz CT molecular complexity index is 711. The van der Waals surface area contributed by atoms with Crippen molar-refractivity contribution in [1.82, 2.24) is 9.80 Å². The van der Waals surface area contributed by atoms with Crippen LogP contribution in [0.2, 0.25) is 5.02 Å². The fourth-order valence-electron chi connectivity index (χ4n) is 4.24. The molecule has 2 aliphatic rings. The maximum Gasteiger partial charge on any atom is 0.309 e. The van der Waals surface area contributed by atoms with Crippen LogP contribution in [0.3, 0.4) is 0 Å². The van der Waals surface area contributed by atoms with E-state index in [0.29, 0.717) is 32.5 Å². The first kappa shape index (κ1) is 18.9. The Balaban J connectivity index is 1.71. The van der Waals surface area contributed by atoms with Crippen molar-refractivity contribution in [2.45, 2.75) is 31.3 Å². The minimum atomic E-state index is -0.917. The lowest BCUT2D eigenvalue weighted by molar-refractivity contribution is -0.146. The van der Waals surface area contributed by atoms with Crippen LogP contribution in [-0.2, 0) is 16.1 Å². The third-order valence-electron chi connectivity index (χ3n) is 5.76. The predicted octanol–water partition coefficient (Wildman–Crippen LogP) is 2.39. The highest BCUT2D eigenvalue weighted by Crippen LogP contribution is 2.43. The van der Waals surface area contributed by atoms with Gasteiger partial charge in [-0.15, -0.1) is 0 Å². The van der Waals surface area contributed by atoms with Crippen LogP contribution in [0, 0.1) is 11.7 Å². The minimum Gasteiger partial charge on any atom is -0.492 e. The molecule has 1 atom stereocenters. The van der Waals surface area contributed by atoms with Crippen LogP contribution < -0.4 is 4.74 Å². The van der Waals surface area contributed by atoms with Crippen molar-refractivity contribution in [2.75, 3.05) is 27.2 Å². The minimum absolute atomic E-state index is 0.0309. The van der Waals surface area contributed by atoms with Gasteiger partial charge in [0.25, 0.3) is 0 Å². The van der Waals surface area contributed by atoms with E-state index in [2.05, 4.69) is 4.90 Å². The van der Waals surface area contributed by atoms with Gasteiger partial charge in [-0.3, -0.25) is 14.5 Å². The molecular formula is C18H22ClFN2O4. The van der Waals surface area contributed by atoms with Crippen molar-refractivity contribution in [3.05, 3.63) is 28.5 Å². The summed E-state index contributed by atoms with van der Waals surface area (Å²) >= 11 is 6.05. The van der Waals surface area contributed by atoms with E-state index in [1.807, 2.05) is 0 Å². The number of methoxy groups -OCH3 is 1. The van der Waals surface area contributed by atoms with Gasteiger partial charge in [-0.1, -0.05) is 11.6 Å². The van der Waals surface area contributed by atoms with Crippen LogP contribution in [0.1, 0.15) is 24.8 Å². The summed E-state index contributed by atoms with van der Waals surface area (Å²) in [5, 5.41) is 9.74. The van der Waals surface area contributed by atoms with E-state index in [0.717, 1.165) is 5.56 Å². The van der Waals surface area contributed by atoms with Gasteiger partial charge in [-0.25, -0.2) is 4.39 Å². The van der Waals surface area contributed by atoms with Crippen LogP contribution in [-0.4, -0.2) is 59.6 Å². The van der Waals surface area contributed by atoms with E-state index in [1.165, 1.54) is 13.2 Å². The van der Waals surface area contributed by atoms with Crippen molar-refractivity contribution < 1.29 is 23.8 Å². The third-order valence-corrected chi connectivity index (χ3v) is 6.04. The van der Waals surface area contributed by atoms with Gasteiger partial charge in [0.1, 0.15) is 0 Å². The Kier molecular flexibility index (Phi) is 5.12. The zero-order valence-corrected chi connectivity index (χ0v) is 15.6. The molecule has 0 radical (unpaired) electrons. The van der Waals surface area contributed by atoms with Crippen molar-refractivity contribution >= 4 is 23.5 Å². The zero-order valence-electron chi connectivity index (χ0n) is 14.8. The molecule has 26 heavy (non-hydrogen) atoms. The average Bonchev–Trinajstić information content (AvgIpc) is 2.82. The highest BCUT2D eigenvalue weighted by molar-refractivity contribution is 6.32. The average molecular weight is 385 g/mol. The highest BCUT2D eigenvalue weighted by Gasteiger charge is 2.55. The van der Waals surface area contributed by atoms with Gasteiger partial charge < -0.3 is 14.7 Å². The number of piperidine rings is 1. The summed E-state index contributed by atoms with van der Waals surface area (Å²) in [5.41, 5.74) is 0.109. The lowest BCUT2D eigenvalue weighted by Crippen LogP contribution is -2.55. The van der Waals surface area contributed by atoms with Gasteiger partial charge in [0.15, 0.2) is 11.6 Å². The van der Waals surface area contributed by atoms with Crippen molar-refractivity contribution in [3.63, 3.8) is 0 Å². The molecule has 1 aromatic rings. The molecule has 3 rings (SSSR count). The molecule has 0 saturated carbocycles. The van der Waals surface area contributed by atoms with E-state index < -0.39 is 23.2 Å². The van der Waals surface area contributed by atoms with E-state index in [-0.39, 0.29) is 23.1 Å². The molecule has 2 heterocycles. The normalized spacial score (nSPS) is 22.8. The molecule has 1 N–H and O–H groups in total. The lowest BCUT2D eigenvalue weighted by Gasteiger charge is -2.45. The number of carbonyl (C=O) groups is 2. The second-order valence-corrected chi connectivity index (χ2v) is 7.43. The Morgan fingerprint density at radius 3 is 2.62 bits per heavy atom. The van der Waals surface area contributed by atoms with Crippen LogP contribution in [0.15, 0.2) is 12.1 Å². The molecule has 6 nitrogen and oxygen atoms in total. The number of hydrogen-bond acceptors (Lipinski definition) is 4. The highest BCUT2D eigenvalue weighted by atomic mass is 35.5. The Hall–Kier alpha value is -1.86. The first-order chi connectivity index (χ1) is 12.3. The number of carboxylic acid groups (broad SMARTS) is 1. The molecule has 0 aliphatic carbocycles. The first-order valence-electron chi connectivity index (χ1n) is 8.52. The number of carbonyl (C=O) groups excluding carboxylic acids is 1. The smallest absolute Gasteiger partial charge is 0.309 e. The first-order valence-corrected chi connectivity index (χ1v) is 8.90. The number of amides is 1. The number of rotatable bonds is 4. The van der Waals surface area contributed by atoms with Gasteiger partial charge in [0, 0.05) is 33.1 Å². The summed E-state index contributed by atoms with van der Waals surface area (Å²) in [6.45, 7) is 1.77. The quantitative estimate of drug-likeness (QED) is 0.863. The van der Waals surface area contributed by atoms with Crippen molar-refractivity contribution in [3.8, 4) is 5.75 Å². The number of likely N-dealkylation sites (tertiary alicyclic amines) is 2. The summed E-state index contributed by atoms with van der Waals surface area (Å²) in [4.78, 5) is 27.4. The second-order valence-electron chi connectivity index (χ2n) is 7.02. The molecular weight excluding hydrogens is 363 g/mol. The van der Waals surface area contributed by atoms with Crippen molar-refractivity contribution in [1.29, 1.82) is 0 Å². The van der Waals surface area contributed by atoms with Gasteiger partial charge in [0.05, 0.1) is 23.6 Å². The molecule has 2 saturated heterocycles. The fourth-order valence-corrected chi connectivity index (χ4v) is 4.55. The van der Waals surface area contributed by atoms with E-state index in [9.17, 15) is 19.1 Å². The maximum atomic E-state index is 14.0. The number of hydrogen-bond donors (Lipinski definition) is 1. The topological polar surface area (TPSA) is 70.1 Å². The van der Waals surface area contributed by atoms with E-state index >= 15 is 0 Å².